The molecule has 0 saturated heterocycles. The van der Waals surface area contributed by atoms with Crippen molar-refractivity contribution in [2.75, 3.05) is 7.05 Å². The molecule has 2 aliphatic rings. The first kappa shape index (κ1) is 16.8. The number of carbonyl (C=O) groups excluding carboxylic acids is 1. The average molecular weight is 371 g/mol. The summed E-state index contributed by atoms with van der Waals surface area (Å²) in [6, 6.07) is 9.26. The molecular weight excluding hydrogens is 352 g/mol. The zero-order valence-corrected chi connectivity index (χ0v) is 15.5. The van der Waals surface area contributed by atoms with E-state index in [1.165, 1.54) is 4.90 Å². The third-order valence-corrected chi connectivity index (χ3v) is 5.04. The number of amides is 1. The number of nitrogens with zero attached hydrogens (tertiary/aromatic N) is 3. The van der Waals surface area contributed by atoms with Crippen LogP contribution in [0.3, 0.4) is 0 Å². The number of hydrogen-bond acceptors (Lipinski definition) is 5. The fourth-order valence-corrected chi connectivity index (χ4v) is 3.88. The highest BCUT2D eigenvalue weighted by Crippen LogP contribution is 2.49. The van der Waals surface area contributed by atoms with E-state index in [0.29, 0.717) is 28.5 Å². The minimum Gasteiger partial charge on any atom is -0.486 e. The summed E-state index contributed by atoms with van der Waals surface area (Å²) in [7, 11) is 1.64. The molecule has 1 amide bonds. The molecular formula is C19H19ClN4O2. The molecule has 3 heterocycles. The summed E-state index contributed by atoms with van der Waals surface area (Å²) in [5, 5.41) is 0.619. The number of halogens is 1. The molecule has 134 valence electrons. The molecule has 2 aliphatic heterocycles. The van der Waals surface area contributed by atoms with Gasteiger partial charge in [-0.15, -0.1) is 0 Å². The maximum Gasteiger partial charge on any atom is 0.261 e. The number of hydrogen-bond donors (Lipinski definition) is 1. The molecule has 2 N–H and O–H groups in total. The van der Waals surface area contributed by atoms with Crippen molar-refractivity contribution < 1.29 is 9.53 Å². The molecule has 2 aromatic rings. The Labute approximate surface area is 156 Å². The highest BCUT2D eigenvalue weighted by atomic mass is 35.5. The number of fused-ring (bicyclic) bond motifs is 2. The first-order valence-corrected chi connectivity index (χ1v) is 8.69. The lowest BCUT2D eigenvalue weighted by molar-refractivity contribution is -0.133. The second-order valence-corrected chi connectivity index (χ2v) is 7.75. The number of benzene rings is 1. The van der Waals surface area contributed by atoms with Crippen LogP contribution in [0.5, 0.6) is 5.75 Å². The van der Waals surface area contributed by atoms with Crippen LogP contribution in [0.1, 0.15) is 25.8 Å². The lowest BCUT2D eigenvalue weighted by atomic mass is 9.77. The fourth-order valence-electron chi connectivity index (χ4n) is 3.69. The first-order chi connectivity index (χ1) is 12.2. The largest absolute Gasteiger partial charge is 0.486 e. The molecule has 4 rings (SSSR count). The van der Waals surface area contributed by atoms with Gasteiger partial charge in [-0.25, -0.2) is 4.99 Å². The lowest BCUT2D eigenvalue weighted by Crippen LogP contribution is -2.49. The summed E-state index contributed by atoms with van der Waals surface area (Å²) in [6.07, 6.45) is 2.04. The van der Waals surface area contributed by atoms with E-state index >= 15 is 0 Å². The summed E-state index contributed by atoms with van der Waals surface area (Å²) in [5.74, 6) is 0.600. The monoisotopic (exact) mass is 370 g/mol. The average Bonchev–Trinajstić information content (AvgIpc) is 2.78. The molecule has 1 aromatic carbocycles. The van der Waals surface area contributed by atoms with Crippen molar-refractivity contribution in [2.45, 2.75) is 31.4 Å². The molecule has 26 heavy (non-hydrogen) atoms. The predicted octanol–water partition coefficient (Wildman–Crippen LogP) is 2.95. The number of rotatable bonds is 1. The molecule has 0 bridgehead atoms. The van der Waals surface area contributed by atoms with Gasteiger partial charge in [0.2, 0.25) is 0 Å². The van der Waals surface area contributed by atoms with Gasteiger partial charge in [-0.2, -0.15) is 0 Å². The summed E-state index contributed by atoms with van der Waals surface area (Å²) < 4.78 is 6.07. The molecule has 0 saturated carbocycles. The second kappa shape index (κ2) is 5.45. The van der Waals surface area contributed by atoms with E-state index in [9.17, 15) is 4.79 Å². The topological polar surface area (TPSA) is 80.8 Å². The highest BCUT2D eigenvalue weighted by Gasteiger charge is 2.55. The third-order valence-electron chi connectivity index (χ3n) is 4.81. The summed E-state index contributed by atoms with van der Waals surface area (Å²) >= 11 is 6.11. The highest BCUT2D eigenvalue weighted by molar-refractivity contribution is 6.30. The number of likely N-dealkylation sites (N-methyl/N-ethyl adjacent to an activating group) is 1. The van der Waals surface area contributed by atoms with Crippen molar-refractivity contribution in [3.63, 3.8) is 0 Å². The minimum atomic E-state index is -1.09. The van der Waals surface area contributed by atoms with E-state index in [2.05, 4.69) is 9.98 Å². The van der Waals surface area contributed by atoms with Gasteiger partial charge in [0.25, 0.3) is 5.91 Å². The minimum absolute atomic E-state index is 0.157. The Morgan fingerprint density at radius 1 is 1.31 bits per heavy atom. The lowest BCUT2D eigenvalue weighted by Gasteiger charge is -2.41. The number of carbonyl (C=O) groups is 1. The Morgan fingerprint density at radius 3 is 2.73 bits per heavy atom. The van der Waals surface area contributed by atoms with Gasteiger partial charge in [0, 0.05) is 29.6 Å². The summed E-state index contributed by atoms with van der Waals surface area (Å²) in [4.78, 5) is 23.5. The molecule has 1 unspecified atom stereocenters. The standard InChI is InChI=1S/C19H19ClN4O2/c1-18(2)10-19(16(25)24(3)17(21)23-19)13-8-14(22-9-15(13)26-18)11-5-4-6-12(20)7-11/h4-9H,10H2,1-3H3,(H2,21,23). The van der Waals surface area contributed by atoms with E-state index in [0.717, 1.165) is 5.56 Å². The SMILES string of the molecule is CN1C(=O)C2(CC(C)(C)Oc3cnc(-c4cccc(Cl)c4)cc32)N=C1N. The van der Waals surface area contributed by atoms with Gasteiger partial charge in [-0.05, 0) is 32.0 Å². The van der Waals surface area contributed by atoms with Crippen LogP contribution in [0, 0.1) is 0 Å². The van der Waals surface area contributed by atoms with E-state index < -0.39 is 11.1 Å². The third kappa shape index (κ3) is 2.44. The Bertz CT molecular complexity index is 956. The number of nitrogens with two attached hydrogens (primary N) is 1. The van der Waals surface area contributed by atoms with Crippen LogP contribution in [0.4, 0.5) is 0 Å². The van der Waals surface area contributed by atoms with Crippen LogP contribution in [0.25, 0.3) is 11.3 Å². The molecule has 1 aromatic heterocycles. The quantitative estimate of drug-likeness (QED) is 0.836. The molecule has 0 radical (unpaired) electrons. The van der Waals surface area contributed by atoms with Gasteiger partial charge in [0.1, 0.15) is 11.4 Å². The van der Waals surface area contributed by atoms with E-state index in [4.69, 9.17) is 22.1 Å². The maximum atomic E-state index is 13.1. The van der Waals surface area contributed by atoms with Crippen molar-refractivity contribution in [3.8, 4) is 17.0 Å². The number of aromatic nitrogens is 1. The maximum absolute atomic E-state index is 13.1. The van der Waals surface area contributed by atoms with Gasteiger partial charge >= 0.3 is 0 Å². The van der Waals surface area contributed by atoms with Crippen molar-refractivity contribution in [1.29, 1.82) is 0 Å². The molecule has 0 aliphatic carbocycles. The molecule has 1 atom stereocenters. The Kier molecular flexibility index (Phi) is 3.53. The number of ether oxygens (including phenoxy) is 1. The van der Waals surface area contributed by atoms with Gasteiger partial charge in [0.15, 0.2) is 11.5 Å². The zero-order chi connectivity index (χ0) is 18.7. The van der Waals surface area contributed by atoms with Crippen LogP contribution < -0.4 is 10.5 Å². The number of aliphatic imine (C=N–C) groups is 1. The van der Waals surface area contributed by atoms with E-state index in [-0.39, 0.29) is 11.9 Å². The number of pyridine rings is 1. The summed E-state index contributed by atoms with van der Waals surface area (Å²) in [6.45, 7) is 3.86. The van der Waals surface area contributed by atoms with Crippen molar-refractivity contribution in [1.82, 2.24) is 9.88 Å². The normalized spacial score (nSPS) is 23.6. The van der Waals surface area contributed by atoms with Crippen LogP contribution in [0.15, 0.2) is 41.5 Å². The Morgan fingerprint density at radius 2 is 2.08 bits per heavy atom. The number of guanidine groups is 1. The van der Waals surface area contributed by atoms with Gasteiger partial charge in [-0.1, -0.05) is 23.7 Å². The van der Waals surface area contributed by atoms with Gasteiger partial charge in [-0.3, -0.25) is 14.7 Å². The molecule has 1 spiro atoms. The van der Waals surface area contributed by atoms with E-state index in [1.807, 2.05) is 38.1 Å². The zero-order valence-electron chi connectivity index (χ0n) is 14.8. The molecule has 0 fully saturated rings. The predicted molar refractivity (Wildman–Crippen MR) is 100 cm³/mol. The van der Waals surface area contributed by atoms with Crippen LogP contribution in [0.2, 0.25) is 5.02 Å². The van der Waals surface area contributed by atoms with Crippen molar-refractivity contribution in [3.05, 3.63) is 47.1 Å². The van der Waals surface area contributed by atoms with Crippen LogP contribution in [-0.2, 0) is 10.3 Å². The van der Waals surface area contributed by atoms with Crippen molar-refractivity contribution >= 4 is 23.5 Å². The molecule has 7 heteroatoms. The van der Waals surface area contributed by atoms with Crippen LogP contribution >= 0.6 is 11.6 Å². The Hall–Kier alpha value is -2.60. The first-order valence-electron chi connectivity index (χ1n) is 8.31. The van der Waals surface area contributed by atoms with Gasteiger partial charge in [0.05, 0.1) is 11.9 Å². The van der Waals surface area contributed by atoms with Crippen molar-refractivity contribution in [2.24, 2.45) is 10.7 Å². The fraction of sp³-hybridized carbons (Fsp3) is 0.316. The second-order valence-electron chi connectivity index (χ2n) is 7.31. The Balaban J connectivity index is 1.93. The molecule has 6 nitrogen and oxygen atoms in total. The van der Waals surface area contributed by atoms with Gasteiger partial charge < -0.3 is 10.5 Å². The smallest absolute Gasteiger partial charge is 0.261 e. The van der Waals surface area contributed by atoms with Crippen LogP contribution in [-0.4, -0.2) is 34.4 Å². The van der Waals surface area contributed by atoms with E-state index in [1.54, 1.807) is 19.3 Å². The summed E-state index contributed by atoms with van der Waals surface area (Å²) in [5.41, 5.74) is 6.54.